The Morgan fingerprint density at radius 1 is 0.577 bits per heavy atom. The summed E-state index contributed by atoms with van der Waals surface area (Å²) in [4.78, 5) is 23.3. The molecule has 0 fully saturated rings. The van der Waals surface area contributed by atoms with Crippen LogP contribution in [0.5, 0.6) is 0 Å². The molecular weight excluding hydrogens is 654 g/mol. The maximum atomic E-state index is 12.0. The molecule has 0 amide bonds. The van der Waals surface area contributed by atoms with E-state index in [9.17, 15) is 19.8 Å². The Kier molecular flexibility index (Phi) is 35.0. The van der Waals surface area contributed by atoms with Crippen molar-refractivity contribution in [3.63, 3.8) is 0 Å². The molecule has 0 saturated carbocycles. The minimum atomic E-state index is -1.46. The van der Waals surface area contributed by atoms with Crippen LogP contribution in [0.3, 0.4) is 0 Å². The first-order valence-electron chi connectivity index (χ1n) is 20.5. The number of aliphatic hydroxyl groups excluding tert-OH is 1. The number of carbonyl (C=O) groups is 2. The second-order valence-electron chi connectivity index (χ2n) is 14.8. The number of hydrogen-bond acceptors (Lipinski definition) is 6. The molecule has 0 rings (SSSR count). The molecule has 0 aliphatic carbocycles. The molecule has 0 spiro atoms. The van der Waals surface area contributed by atoms with Crippen molar-refractivity contribution in [2.45, 2.75) is 161 Å². The SMILES string of the molecule is CC/C=C\C/C=C\C/C=C\C/C=C\C/C=C\CCCCCCCCCCCCCCCCCC(=O)OCC(O)COC(OCC[N+](C)(C)C)C(=O)O. The summed E-state index contributed by atoms with van der Waals surface area (Å²) in [5, 5.41) is 19.2. The lowest BCUT2D eigenvalue weighted by molar-refractivity contribution is -0.870. The van der Waals surface area contributed by atoms with E-state index in [-0.39, 0.29) is 25.8 Å². The summed E-state index contributed by atoms with van der Waals surface area (Å²) in [6, 6.07) is 0. The van der Waals surface area contributed by atoms with Crippen molar-refractivity contribution >= 4 is 11.9 Å². The van der Waals surface area contributed by atoms with E-state index in [1.807, 2.05) is 21.1 Å². The third-order valence-electron chi connectivity index (χ3n) is 8.52. The van der Waals surface area contributed by atoms with Gasteiger partial charge in [0.05, 0.1) is 34.4 Å². The number of carboxylic acids is 1. The Labute approximate surface area is 318 Å². The first-order valence-corrected chi connectivity index (χ1v) is 20.5. The van der Waals surface area contributed by atoms with Gasteiger partial charge in [0.25, 0.3) is 6.29 Å². The molecule has 2 atom stereocenters. The van der Waals surface area contributed by atoms with Crippen LogP contribution in [-0.2, 0) is 23.8 Å². The lowest BCUT2D eigenvalue weighted by Crippen LogP contribution is -2.40. The fourth-order valence-electron chi connectivity index (χ4n) is 5.33. The average Bonchev–Trinajstić information content (AvgIpc) is 3.10. The first-order chi connectivity index (χ1) is 25.2. The number of likely N-dealkylation sites (N-methyl/N-ethyl adjacent to an activating group) is 1. The number of rotatable bonds is 37. The van der Waals surface area contributed by atoms with Crippen LogP contribution in [0.25, 0.3) is 0 Å². The zero-order valence-corrected chi connectivity index (χ0v) is 33.7. The van der Waals surface area contributed by atoms with Crippen LogP contribution >= 0.6 is 0 Å². The molecule has 2 N–H and O–H groups in total. The number of nitrogens with zero attached hydrogens (tertiary/aromatic N) is 1. The van der Waals surface area contributed by atoms with Gasteiger partial charge in [0, 0.05) is 6.42 Å². The van der Waals surface area contributed by atoms with E-state index in [0.29, 0.717) is 17.4 Å². The third kappa shape index (κ3) is 38.7. The summed E-state index contributed by atoms with van der Waals surface area (Å²) in [6.07, 6.45) is 45.5. The Bertz CT molecular complexity index is 980. The number of aliphatic hydroxyl groups is 1. The normalized spacial score (nSPS) is 13.8. The van der Waals surface area contributed by atoms with Gasteiger partial charge in [0.15, 0.2) is 0 Å². The van der Waals surface area contributed by atoms with Gasteiger partial charge < -0.3 is 28.9 Å². The molecule has 2 unspecified atom stereocenters. The van der Waals surface area contributed by atoms with Crippen molar-refractivity contribution in [3.8, 4) is 0 Å². The van der Waals surface area contributed by atoms with E-state index in [4.69, 9.17) is 14.2 Å². The van der Waals surface area contributed by atoms with E-state index in [0.717, 1.165) is 51.4 Å². The maximum Gasteiger partial charge on any atom is 0.361 e. The molecule has 0 aromatic carbocycles. The summed E-state index contributed by atoms with van der Waals surface area (Å²) >= 11 is 0. The number of hydrogen-bond donors (Lipinski definition) is 2. The predicted molar refractivity (Wildman–Crippen MR) is 216 cm³/mol. The molecule has 300 valence electrons. The minimum Gasteiger partial charge on any atom is -0.477 e. The second kappa shape index (κ2) is 36.8. The highest BCUT2D eigenvalue weighted by atomic mass is 16.7. The van der Waals surface area contributed by atoms with Crippen LogP contribution in [0.2, 0.25) is 0 Å². The van der Waals surface area contributed by atoms with Crippen molar-refractivity contribution in [1.82, 2.24) is 0 Å². The number of aliphatic carboxylic acids is 1. The zero-order valence-electron chi connectivity index (χ0n) is 33.7. The van der Waals surface area contributed by atoms with E-state index in [2.05, 4.69) is 67.7 Å². The van der Waals surface area contributed by atoms with Crippen LogP contribution in [0.4, 0.5) is 0 Å². The molecule has 0 radical (unpaired) electrons. The Morgan fingerprint density at radius 3 is 1.44 bits per heavy atom. The number of unbranched alkanes of at least 4 members (excludes halogenated alkanes) is 15. The van der Waals surface area contributed by atoms with E-state index < -0.39 is 18.4 Å². The monoisotopic (exact) mass is 733 g/mol. The number of ether oxygens (including phenoxy) is 3. The lowest BCUT2D eigenvalue weighted by atomic mass is 10.0. The van der Waals surface area contributed by atoms with Crippen LogP contribution < -0.4 is 0 Å². The second-order valence-corrected chi connectivity index (χ2v) is 14.8. The number of esters is 1. The molecule has 0 saturated heterocycles. The summed E-state index contributed by atoms with van der Waals surface area (Å²) < 4.78 is 16.2. The van der Waals surface area contributed by atoms with Gasteiger partial charge >= 0.3 is 11.9 Å². The number of allylic oxidation sites excluding steroid dienone is 10. The highest BCUT2D eigenvalue weighted by Gasteiger charge is 2.22. The van der Waals surface area contributed by atoms with Crippen LogP contribution in [0.15, 0.2) is 60.8 Å². The molecule has 0 aromatic heterocycles. The smallest absolute Gasteiger partial charge is 0.361 e. The fourth-order valence-corrected chi connectivity index (χ4v) is 5.33. The molecule has 0 aliphatic heterocycles. The zero-order chi connectivity index (χ0) is 38.4. The number of quaternary nitrogens is 1. The average molecular weight is 733 g/mol. The molecule has 8 nitrogen and oxygen atoms in total. The van der Waals surface area contributed by atoms with E-state index >= 15 is 0 Å². The molecule has 0 aromatic rings. The predicted octanol–water partition coefficient (Wildman–Crippen LogP) is 10.4. The van der Waals surface area contributed by atoms with E-state index in [1.54, 1.807) is 0 Å². The van der Waals surface area contributed by atoms with Gasteiger partial charge in [-0.05, 0) is 51.4 Å². The van der Waals surface area contributed by atoms with Crippen molar-refractivity contribution in [1.29, 1.82) is 0 Å². The quantitative estimate of drug-likeness (QED) is 0.0215. The summed E-state index contributed by atoms with van der Waals surface area (Å²) in [7, 11) is 5.92. The first kappa shape index (κ1) is 49.5. The topological polar surface area (TPSA) is 102 Å². The highest BCUT2D eigenvalue weighted by molar-refractivity contribution is 5.70. The Hall–Kier alpha value is -2.52. The third-order valence-corrected chi connectivity index (χ3v) is 8.52. The van der Waals surface area contributed by atoms with Crippen LogP contribution in [0, 0.1) is 0 Å². The molecule has 0 aliphatic rings. The minimum absolute atomic E-state index is 0.209. The fraction of sp³-hybridized carbons (Fsp3) is 0.727. The Balaban J connectivity index is 3.48. The van der Waals surface area contributed by atoms with Crippen molar-refractivity contribution in [2.24, 2.45) is 0 Å². The summed E-state index contributed by atoms with van der Waals surface area (Å²) in [6.45, 7) is 2.47. The van der Waals surface area contributed by atoms with Crippen molar-refractivity contribution in [3.05, 3.63) is 60.8 Å². The molecule has 52 heavy (non-hydrogen) atoms. The van der Waals surface area contributed by atoms with Crippen LogP contribution in [0.1, 0.15) is 148 Å². The van der Waals surface area contributed by atoms with Gasteiger partial charge in [-0.25, -0.2) is 4.79 Å². The molecular formula is C44H78NO7+. The maximum absolute atomic E-state index is 12.0. The van der Waals surface area contributed by atoms with Gasteiger partial charge in [-0.2, -0.15) is 0 Å². The van der Waals surface area contributed by atoms with Crippen molar-refractivity contribution in [2.75, 3.05) is 47.5 Å². The lowest BCUT2D eigenvalue weighted by Gasteiger charge is -2.24. The molecule has 0 bridgehead atoms. The molecule has 8 heteroatoms. The van der Waals surface area contributed by atoms with Gasteiger partial charge in [-0.15, -0.1) is 0 Å². The largest absolute Gasteiger partial charge is 0.477 e. The van der Waals surface area contributed by atoms with Crippen LogP contribution in [-0.4, -0.2) is 86.5 Å². The van der Waals surface area contributed by atoms with E-state index in [1.165, 1.54) is 83.5 Å². The standard InChI is InChI=1S/C44H77NO7/c1-5-6-7-8-9-10-11-12-13-14-15-16-17-18-19-20-21-22-23-24-25-26-27-28-29-30-31-32-33-34-35-36-42(47)51-39-41(46)40-52-44(43(48)49)50-38-37-45(2,3)4/h6-7,9-10,12-13,15-16,18-19,41,44,46H,5,8,11,14,17,20-40H2,1-4H3/p+1/b7-6-,10-9-,13-12-,16-15-,19-18-. The van der Waals surface area contributed by atoms with Crippen molar-refractivity contribution < 1.29 is 38.5 Å². The van der Waals surface area contributed by atoms with Gasteiger partial charge in [-0.1, -0.05) is 151 Å². The van der Waals surface area contributed by atoms with Gasteiger partial charge in [0.2, 0.25) is 0 Å². The van der Waals surface area contributed by atoms with Gasteiger partial charge in [0.1, 0.15) is 19.3 Å². The highest BCUT2D eigenvalue weighted by Crippen LogP contribution is 2.14. The number of carbonyl (C=O) groups excluding carboxylic acids is 1. The molecule has 0 heterocycles. The summed E-state index contributed by atoms with van der Waals surface area (Å²) in [5.74, 6) is -1.61. The Morgan fingerprint density at radius 2 is 1.00 bits per heavy atom. The van der Waals surface area contributed by atoms with Gasteiger partial charge in [-0.3, -0.25) is 4.79 Å². The number of carboxylic acid groups (broad SMARTS) is 1. The summed E-state index contributed by atoms with van der Waals surface area (Å²) in [5.41, 5.74) is 0.